The van der Waals surface area contributed by atoms with Gasteiger partial charge >= 0.3 is 12.2 Å². The van der Waals surface area contributed by atoms with Crippen molar-refractivity contribution in [3.8, 4) is 33.8 Å². The number of carbonyl (C=O) groups is 4. The minimum Gasteiger partial charge on any atom is -0.453 e. The van der Waals surface area contributed by atoms with Crippen molar-refractivity contribution >= 4 is 46.5 Å². The Kier molecular flexibility index (Phi) is 10.5. The molecule has 9 rings (SSSR count). The predicted octanol–water partition coefficient (Wildman–Crippen LogP) is 7.42. The fraction of sp³-hybridized carbons (Fsp3) is 0.444. The predicted molar refractivity (Wildman–Crippen MR) is 228 cm³/mol. The van der Waals surface area contributed by atoms with Gasteiger partial charge in [-0.1, -0.05) is 75.7 Å². The molecule has 16 heteroatoms. The van der Waals surface area contributed by atoms with Crippen LogP contribution in [-0.2, 0) is 19.1 Å². The first kappa shape index (κ1) is 40.4. The van der Waals surface area contributed by atoms with E-state index in [-0.39, 0.29) is 47.8 Å². The fourth-order valence-corrected chi connectivity index (χ4v) is 9.63. The van der Waals surface area contributed by atoms with E-state index in [0.717, 1.165) is 64.7 Å². The highest BCUT2D eigenvalue weighted by molar-refractivity contribution is 6.32. The molecule has 4 aliphatic rings. The van der Waals surface area contributed by atoms with Gasteiger partial charge in [0, 0.05) is 23.0 Å². The molecule has 5 aromatic rings. The second-order valence-corrected chi connectivity index (χ2v) is 17.9. The Bertz CT molecular complexity index is 2520. The van der Waals surface area contributed by atoms with Gasteiger partial charge in [-0.2, -0.15) is 0 Å². The van der Waals surface area contributed by atoms with Crippen molar-refractivity contribution in [2.45, 2.75) is 89.6 Å². The quantitative estimate of drug-likeness (QED) is 0.105. The summed E-state index contributed by atoms with van der Waals surface area (Å²) in [6.45, 7) is 7.63. The fourth-order valence-electron chi connectivity index (χ4n) is 9.39. The number of methoxy groups -OCH3 is 2. The number of ether oxygens (including phenoxy) is 2. The number of fused-ring (bicyclic) bond motifs is 3. The topological polar surface area (TPSA) is 188 Å². The molecule has 0 radical (unpaired) electrons. The van der Waals surface area contributed by atoms with Gasteiger partial charge in [-0.15, -0.1) is 0 Å². The monoisotopic (exact) mass is 847 g/mol. The number of imidazole rings is 2. The number of aromatic nitrogens is 5. The molecule has 2 aromatic carbocycles. The van der Waals surface area contributed by atoms with Crippen LogP contribution in [0, 0.1) is 23.7 Å². The van der Waals surface area contributed by atoms with Crippen LogP contribution in [-0.4, -0.2) is 97.1 Å². The van der Waals surface area contributed by atoms with Crippen molar-refractivity contribution in [1.29, 1.82) is 0 Å². The molecule has 4 amide bonds. The summed E-state index contributed by atoms with van der Waals surface area (Å²) in [7, 11) is 2.58. The van der Waals surface area contributed by atoms with Crippen molar-refractivity contribution < 1.29 is 28.7 Å². The zero-order valence-electron chi connectivity index (χ0n) is 34.9. The third kappa shape index (κ3) is 7.57. The number of nitrogens with one attached hydrogen (secondary N) is 4. The van der Waals surface area contributed by atoms with Crippen LogP contribution in [0.25, 0.3) is 44.7 Å². The Morgan fingerprint density at radius 3 is 1.84 bits per heavy atom. The molecule has 2 saturated heterocycles. The summed E-state index contributed by atoms with van der Waals surface area (Å²) in [5, 5.41) is 6.83. The summed E-state index contributed by atoms with van der Waals surface area (Å²) in [5.41, 5.74) is 5.83. The maximum atomic E-state index is 13.9. The summed E-state index contributed by atoms with van der Waals surface area (Å²) in [5.74, 6) is 1.66. The molecule has 2 saturated carbocycles. The van der Waals surface area contributed by atoms with E-state index in [1.54, 1.807) is 6.20 Å². The lowest BCUT2D eigenvalue weighted by Crippen LogP contribution is -2.52. The second-order valence-electron chi connectivity index (χ2n) is 17.5. The SMILES string of the molecule is COC(=O)N[C@H](C(=O)N1[C@@H]2C[C@@H]2C[C@H]1c1ncc(-c2ccc3cc(-c4ccc(-c5nc([C@@H]6C[C@H]7C[C@H]7N6C(=O)[C@@H](NC(=O)OC)C(C)C)[nH]c5Cl)cc4)ccc3n2)[nH]1)C(C)C. The van der Waals surface area contributed by atoms with Gasteiger partial charge in [-0.05, 0) is 78.7 Å². The summed E-state index contributed by atoms with van der Waals surface area (Å²) < 4.78 is 9.60. The Morgan fingerprint density at radius 1 is 0.705 bits per heavy atom. The number of hydrogen-bond donors (Lipinski definition) is 4. The molecule has 2 aliphatic heterocycles. The van der Waals surface area contributed by atoms with Gasteiger partial charge in [0.1, 0.15) is 34.6 Å². The van der Waals surface area contributed by atoms with Gasteiger partial charge in [-0.3, -0.25) is 9.59 Å². The van der Waals surface area contributed by atoms with E-state index >= 15 is 0 Å². The minimum atomic E-state index is -0.716. The Hall–Kier alpha value is -5.96. The maximum Gasteiger partial charge on any atom is 0.407 e. The zero-order chi connectivity index (χ0) is 42.9. The molecule has 4 N–H and O–H groups in total. The number of halogens is 1. The smallest absolute Gasteiger partial charge is 0.407 e. The summed E-state index contributed by atoms with van der Waals surface area (Å²) in [6, 6.07) is 16.6. The second kappa shape index (κ2) is 15.8. The van der Waals surface area contributed by atoms with Crippen LogP contribution in [0.3, 0.4) is 0 Å². The summed E-state index contributed by atoms with van der Waals surface area (Å²) in [6.07, 6.45) is 4.01. The van der Waals surface area contributed by atoms with Crippen molar-refractivity contribution in [1.82, 2.24) is 45.4 Å². The number of pyridine rings is 1. The highest BCUT2D eigenvalue weighted by Crippen LogP contribution is 2.55. The van der Waals surface area contributed by atoms with E-state index in [0.29, 0.717) is 34.3 Å². The third-order valence-electron chi connectivity index (χ3n) is 12.9. The molecular weight excluding hydrogens is 798 g/mol. The lowest BCUT2D eigenvalue weighted by atomic mass is 10.0. The number of amides is 4. The lowest BCUT2D eigenvalue weighted by Gasteiger charge is -2.31. The van der Waals surface area contributed by atoms with Crippen LogP contribution < -0.4 is 10.6 Å². The summed E-state index contributed by atoms with van der Waals surface area (Å²) in [4.78, 5) is 76.9. The van der Waals surface area contributed by atoms with Crippen LogP contribution in [0.1, 0.15) is 77.1 Å². The number of H-pyrrole nitrogens is 2. The maximum absolute atomic E-state index is 13.9. The Morgan fingerprint density at radius 2 is 1.26 bits per heavy atom. The standard InChI is InChI=1S/C45H50ClN9O6/c1-21(2)36(51-44(58)60-5)42(56)54-32-16-27(32)18-34(54)40-47-20-31(49-40)30-14-12-26-15-25(11-13-29(26)48-30)23-7-9-24(10-8-23)38-39(46)53-41(50-38)35-19-28-17-33(28)55(35)43(57)37(22(3)4)52-45(59)61-6/h7-15,20-22,27-28,32-37H,16-19H2,1-6H3,(H,47,49)(H,50,53)(H,51,58)(H,52,59)/t27-,28-,32-,33-,34+,35+,36+,37+/m1/s1. The van der Waals surface area contributed by atoms with E-state index < -0.39 is 24.3 Å². The van der Waals surface area contributed by atoms with Crippen molar-refractivity contribution in [3.63, 3.8) is 0 Å². The van der Waals surface area contributed by atoms with Gasteiger partial charge in [0.15, 0.2) is 0 Å². The Labute approximate surface area is 358 Å². The molecule has 15 nitrogen and oxygen atoms in total. The molecule has 5 heterocycles. The van der Waals surface area contributed by atoms with Gasteiger partial charge in [0.05, 0.1) is 49.4 Å². The van der Waals surface area contributed by atoms with Gasteiger partial charge < -0.3 is 39.9 Å². The van der Waals surface area contributed by atoms with Crippen molar-refractivity contribution in [3.05, 3.63) is 77.6 Å². The van der Waals surface area contributed by atoms with E-state index in [1.165, 1.54) is 14.2 Å². The lowest BCUT2D eigenvalue weighted by molar-refractivity contribution is -0.137. The number of alkyl carbamates (subject to hydrolysis) is 2. The average molecular weight is 848 g/mol. The van der Waals surface area contributed by atoms with Crippen LogP contribution in [0.4, 0.5) is 9.59 Å². The number of hydrogen-bond acceptors (Lipinski definition) is 9. The number of piperidine rings is 2. The first-order valence-corrected chi connectivity index (χ1v) is 21.4. The zero-order valence-corrected chi connectivity index (χ0v) is 35.7. The van der Waals surface area contributed by atoms with Crippen LogP contribution in [0.2, 0.25) is 5.15 Å². The average Bonchev–Trinajstić information content (AvgIpc) is 3.90. The van der Waals surface area contributed by atoms with Crippen molar-refractivity contribution in [2.75, 3.05) is 14.2 Å². The molecule has 318 valence electrons. The third-order valence-corrected chi connectivity index (χ3v) is 13.1. The van der Waals surface area contributed by atoms with E-state index in [1.807, 2.05) is 86.0 Å². The number of nitrogens with zero attached hydrogens (tertiary/aromatic N) is 5. The number of benzene rings is 2. The van der Waals surface area contributed by atoms with E-state index in [9.17, 15) is 19.2 Å². The molecular formula is C45H50ClN9O6. The molecule has 61 heavy (non-hydrogen) atoms. The first-order chi connectivity index (χ1) is 29.3. The highest BCUT2D eigenvalue weighted by Gasteiger charge is 2.57. The normalized spacial score (nSPS) is 23.4. The molecule has 0 spiro atoms. The first-order valence-electron chi connectivity index (χ1n) is 21.0. The van der Waals surface area contributed by atoms with E-state index in [2.05, 4.69) is 26.7 Å². The number of likely N-dealkylation sites (tertiary alicyclic amines) is 2. The van der Waals surface area contributed by atoms with E-state index in [4.69, 9.17) is 36.0 Å². The number of aromatic amines is 2. The molecule has 3 aromatic heterocycles. The van der Waals surface area contributed by atoms with Crippen LogP contribution in [0.5, 0.6) is 0 Å². The van der Waals surface area contributed by atoms with Crippen LogP contribution >= 0.6 is 11.6 Å². The minimum absolute atomic E-state index is 0.114. The molecule has 0 bridgehead atoms. The largest absolute Gasteiger partial charge is 0.453 e. The molecule has 8 atom stereocenters. The molecule has 0 unspecified atom stereocenters. The number of rotatable bonds is 11. The summed E-state index contributed by atoms with van der Waals surface area (Å²) >= 11 is 6.77. The van der Waals surface area contributed by atoms with Gasteiger partial charge in [0.2, 0.25) is 11.8 Å². The van der Waals surface area contributed by atoms with Crippen LogP contribution in [0.15, 0.2) is 60.8 Å². The van der Waals surface area contributed by atoms with Gasteiger partial charge in [0.25, 0.3) is 0 Å². The number of carbonyl (C=O) groups excluding carboxylic acids is 4. The molecule has 2 aliphatic carbocycles. The Balaban J connectivity index is 0.893. The van der Waals surface area contributed by atoms with Gasteiger partial charge in [-0.25, -0.2) is 24.5 Å². The van der Waals surface area contributed by atoms with Crippen molar-refractivity contribution in [2.24, 2.45) is 23.7 Å². The highest BCUT2D eigenvalue weighted by atomic mass is 35.5. The molecule has 4 fully saturated rings.